The van der Waals surface area contributed by atoms with E-state index in [1.807, 2.05) is 7.05 Å². The van der Waals surface area contributed by atoms with Crippen molar-refractivity contribution in [2.45, 2.75) is 77.6 Å². The van der Waals surface area contributed by atoms with Crippen molar-refractivity contribution in [3.63, 3.8) is 0 Å². The summed E-state index contributed by atoms with van der Waals surface area (Å²) in [7, 11) is 1.90. The molecule has 0 amide bonds. The number of ether oxygens (including phenoxy) is 12. The lowest BCUT2D eigenvalue weighted by atomic mass is 10.1. The van der Waals surface area contributed by atoms with Crippen molar-refractivity contribution in [3.05, 3.63) is 0 Å². The average molecular weight is 742 g/mol. The zero-order valence-corrected chi connectivity index (χ0v) is 32.9. The minimum Gasteiger partial charge on any atom is -0.379 e. The second-order valence-corrected chi connectivity index (χ2v) is 12.0. The van der Waals surface area contributed by atoms with E-state index in [1.165, 1.54) is 64.2 Å². The summed E-state index contributed by atoms with van der Waals surface area (Å²) in [6.07, 6.45) is 14.9. The minimum absolute atomic E-state index is 0.520. The molecule has 0 aromatic heterocycles. The molecular formula is C38H79NO12. The lowest BCUT2D eigenvalue weighted by molar-refractivity contribution is -0.0283. The summed E-state index contributed by atoms with van der Waals surface area (Å²) in [5.41, 5.74) is 0. The van der Waals surface area contributed by atoms with Crippen molar-refractivity contribution in [2.75, 3.05) is 172 Å². The van der Waals surface area contributed by atoms with Crippen LogP contribution >= 0.6 is 0 Å². The highest BCUT2D eigenvalue weighted by Gasteiger charge is 1.98. The standard InChI is InChI=1S/C38H79NO12/c1-3-4-5-6-7-8-9-10-11-12-13-15-40-17-19-42-21-23-44-25-27-46-29-31-48-33-35-50-37-38-51-36-34-49-32-30-47-28-26-45-24-22-43-20-18-41-16-14-39-2/h39H,3-38H2,1-2H3. The molecule has 0 unspecified atom stereocenters. The highest BCUT2D eigenvalue weighted by atomic mass is 16.6. The SMILES string of the molecule is CCCCCCCCCCCCCOCCOCCOCCOCCOCCOCCOCCOCCOCCOCCOCCOCCNC. The maximum absolute atomic E-state index is 5.66. The molecule has 0 heterocycles. The van der Waals surface area contributed by atoms with Gasteiger partial charge in [0.05, 0.1) is 152 Å². The largest absolute Gasteiger partial charge is 0.379 e. The van der Waals surface area contributed by atoms with Crippen LogP contribution in [0.2, 0.25) is 0 Å². The fraction of sp³-hybridized carbons (Fsp3) is 1.00. The van der Waals surface area contributed by atoms with Crippen molar-refractivity contribution < 1.29 is 56.8 Å². The Labute approximate surface area is 311 Å². The van der Waals surface area contributed by atoms with E-state index in [0.29, 0.717) is 152 Å². The van der Waals surface area contributed by atoms with Crippen molar-refractivity contribution >= 4 is 0 Å². The molecule has 0 aromatic rings. The van der Waals surface area contributed by atoms with E-state index < -0.39 is 0 Å². The molecule has 0 aliphatic rings. The summed E-state index contributed by atoms with van der Waals surface area (Å²) < 4.78 is 66.0. The van der Waals surface area contributed by atoms with E-state index in [-0.39, 0.29) is 0 Å². The molecule has 0 radical (unpaired) electrons. The summed E-state index contributed by atoms with van der Waals surface area (Å²) >= 11 is 0. The summed E-state index contributed by atoms with van der Waals surface area (Å²) in [5.74, 6) is 0. The molecule has 0 aromatic carbocycles. The van der Waals surface area contributed by atoms with Crippen LogP contribution in [0, 0.1) is 0 Å². The van der Waals surface area contributed by atoms with Crippen LogP contribution in [0.5, 0.6) is 0 Å². The molecule has 0 fully saturated rings. The third-order valence-electron chi connectivity index (χ3n) is 7.48. The molecule has 51 heavy (non-hydrogen) atoms. The van der Waals surface area contributed by atoms with E-state index in [0.717, 1.165) is 19.6 Å². The summed E-state index contributed by atoms with van der Waals surface area (Å²) in [6, 6.07) is 0. The van der Waals surface area contributed by atoms with E-state index in [9.17, 15) is 0 Å². The predicted octanol–water partition coefficient (Wildman–Crippen LogP) is 4.72. The number of nitrogens with one attached hydrogen (secondary N) is 1. The topological polar surface area (TPSA) is 123 Å². The molecule has 13 heteroatoms. The molecule has 0 aliphatic heterocycles. The molecular weight excluding hydrogens is 662 g/mol. The molecule has 1 N–H and O–H groups in total. The zero-order chi connectivity index (χ0) is 36.6. The Hall–Kier alpha value is -0.520. The van der Waals surface area contributed by atoms with Gasteiger partial charge in [0, 0.05) is 13.2 Å². The Kier molecular flexibility index (Phi) is 49.0. The third kappa shape index (κ3) is 49.5. The van der Waals surface area contributed by atoms with Gasteiger partial charge < -0.3 is 62.2 Å². The van der Waals surface area contributed by atoms with Crippen LogP contribution < -0.4 is 5.32 Å². The van der Waals surface area contributed by atoms with E-state index in [4.69, 9.17) is 56.8 Å². The van der Waals surface area contributed by atoms with Crippen LogP contribution in [0.4, 0.5) is 0 Å². The Bertz CT molecular complexity index is 549. The van der Waals surface area contributed by atoms with Crippen LogP contribution in [0.3, 0.4) is 0 Å². The first-order valence-corrected chi connectivity index (χ1v) is 20.0. The smallest absolute Gasteiger partial charge is 0.0701 e. The first kappa shape index (κ1) is 50.5. The molecule has 0 atom stereocenters. The van der Waals surface area contributed by atoms with E-state index in [2.05, 4.69) is 12.2 Å². The molecule has 308 valence electrons. The lowest BCUT2D eigenvalue weighted by Crippen LogP contribution is -2.17. The number of hydrogen-bond donors (Lipinski definition) is 1. The Morgan fingerprint density at radius 2 is 0.431 bits per heavy atom. The van der Waals surface area contributed by atoms with Crippen LogP contribution in [0.25, 0.3) is 0 Å². The van der Waals surface area contributed by atoms with E-state index >= 15 is 0 Å². The lowest BCUT2D eigenvalue weighted by Gasteiger charge is -2.09. The minimum atomic E-state index is 0.520. The maximum atomic E-state index is 5.66. The second-order valence-electron chi connectivity index (χ2n) is 12.0. The molecule has 0 saturated carbocycles. The second kappa shape index (κ2) is 49.5. The highest BCUT2D eigenvalue weighted by molar-refractivity contribution is 4.48. The Morgan fingerprint density at radius 1 is 0.235 bits per heavy atom. The van der Waals surface area contributed by atoms with Gasteiger partial charge in [0.2, 0.25) is 0 Å². The number of hydrogen-bond acceptors (Lipinski definition) is 13. The zero-order valence-electron chi connectivity index (χ0n) is 32.9. The Morgan fingerprint density at radius 3 is 0.667 bits per heavy atom. The molecule has 0 rings (SSSR count). The average Bonchev–Trinajstić information content (AvgIpc) is 3.14. The Balaban J connectivity index is 3.04. The highest BCUT2D eigenvalue weighted by Crippen LogP contribution is 2.11. The summed E-state index contributed by atoms with van der Waals surface area (Å²) in [5, 5.41) is 3.02. The quantitative estimate of drug-likeness (QED) is 0.0867. The van der Waals surface area contributed by atoms with Crippen molar-refractivity contribution in [2.24, 2.45) is 0 Å². The number of rotatable bonds is 48. The maximum Gasteiger partial charge on any atom is 0.0701 e. The first-order chi connectivity index (χ1) is 25.4. The van der Waals surface area contributed by atoms with Gasteiger partial charge in [0.15, 0.2) is 0 Å². The number of unbranched alkanes of at least 4 members (excludes halogenated alkanes) is 10. The van der Waals surface area contributed by atoms with Crippen LogP contribution in [-0.4, -0.2) is 172 Å². The van der Waals surface area contributed by atoms with Crippen molar-refractivity contribution in [1.82, 2.24) is 5.32 Å². The first-order valence-electron chi connectivity index (χ1n) is 20.0. The molecule has 0 aliphatic carbocycles. The molecule has 0 saturated heterocycles. The van der Waals surface area contributed by atoms with Gasteiger partial charge in [-0.3, -0.25) is 0 Å². The molecule has 13 nitrogen and oxygen atoms in total. The molecule has 0 spiro atoms. The van der Waals surface area contributed by atoms with Gasteiger partial charge in [0.25, 0.3) is 0 Å². The van der Waals surface area contributed by atoms with Gasteiger partial charge in [-0.1, -0.05) is 71.1 Å². The van der Waals surface area contributed by atoms with Crippen LogP contribution in [0.15, 0.2) is 0 Å². The predicted molar refractivity (Wildman–Crippen MR) is 200 cm³/mol. The van der Waals surface area contributed by atoms with Crippen LogP contribution in [0.1, 0.15) is 77.6 Å². The summed E-state index contributed by atoms with van der Waals surface area (Å²) in [4.78, 5) is 0. The fourth-order valence-electron chi connectivity index (χ4n) is 4.56. The monoisotopic (exact) mass is 742 g/mol. The normalized spacial score (nSPS) is 11.6. The van der Waals surface area contributed by atoms with Crippen molar-refractivity contribution in [1.29, 1.82) is 0 Å². The number of likely N-dealkylation sites (N-methyl/N-ethyl adjacent to an activating group) is 1. The molecule has 0 bridgehead atoms. The van der Waals surface area contributed by atoms with Gasteiger partial charge in [0.1, 0.15) is 0 Å². The van der Waals surface area contributed by atoms with Crippen molar-refractivity contribution in [3.8, 4) is 0 Å². The van der Waals surface area contributed by atoms with E-state index in [1.54, 1.807) is 0 Å². The van der Waals surface area contributed by atoms with Gasteiger partial charge in [-0.25, -0.2) is 0 Å². The third-order valence-corrected chi connectivity index (χ3v) is 7.48. The van der Waals surface area contributed by atoms with Gasteiger partial charge >= 0.3 is 0 Å². The summed E-state index contributed by atoms with van der Waals surface area (Å²) in [6.45, 7) is 16.7. The fourth-order valence-corrected chi connectivity index (χ4v) is 4.56. The van der Waals surface area contributed by atoms with Crippen LogP contribution in [-0.2, 0) is 56.8 Å². The van der Waals surface area contributed by atoms with Gasteiger partial charge in [-0.15, -0.1) is 0 Å². The van der Waals surface area contributed by atoms with Gasteiger partial charge in [-0.2, -0.15) is 0 Å². The van der Waals surface area contributed by atoms with Gasteiger partial charge in [-0.05, 0) is 13.5 Å².